The maximum Gasteiger partial charge on any atom is 0.508 e. The number of esters is 1. The molecule has 0 fully saturated rings. The monoisotopic (exact) mass is 600 g/mol. The predicted molar refractivity (Wildman–Crippen MR) is 165 cm³/mol. The Morgan fingerprint density at radius 3 is 1.90 bits per heavy atom. The number of hydrogen-bond acceptors (Lipinski definition) is 9. The van der Waals surface area contributed by atoms with E-state index in [1.165, 1.54) is 97.0 Å². The second-order valence-electron chi connectivity index (χ2n) is 10.7. The number of rotatable bonds is 26. The third-order valence-electron chi connectivity index (χ3n) is 6.99. The van der Waals surface area contributed by atoms with Gasteiger partial charge in [-0.15, -0.1) is 11.8 Å². The summed E-state index contributed by atoms with van der Waals surface area (Å²) in [7, 11) is 1.18. The quantitative estimate of drug-likeness (QED) is 0.0602. The molecule has 1 rings (SSSR count). The zero-order valence-corrected chi connectivity index (χ0v) is 26.5. The minimum absolute atomic E-state index is 0.209. The number of alkyl carbamates (subject to hydrolysis) is 1. The molecule has 9 nitrogen and oxygen atoms in total. The summed E-state index contributed by atoms with van der Waals surface area (Å²) in [6.07, 6.45) is 21.2. The van der Waals surface area contributed by atoms with Crippen molar-refractivity contribution >= 4 is 30.0 Å². The fraction of sp³-hybridized carbons (Fsp3) is 0.839. The summed E-state index contributed by atoms with van der Waals surface area (Å²) in [6.45, 7) is 3.12. The van der Waals surface area contributed by atoms with E-state index in [2.05, 4.69) is 21.9 Å². The SMILES string of the molecule is CCCCCCCCCCCCCCCCCCNC(=O)OCC(COC(=O)CCCN1C=CSC1)OC(=O)OC. The largest absolute Gasteiger partial charge is 0.508 e. The molecule has 1 N–H and O–H groups in total. The summed E-state index contributed by atoms with van der Waals surface area (Å²) < 4.78 is 20.0. The van der Waals surface area contributed by atoms with Crippen molar-refractivity contribution in [2.24, 2.45) is 0 Å². The van der Waals surface area contributed by atoms with Gasteiger partial charge in [0.05, 0.1) is 13.0 Å². The normalized spacial score (nSPS) is 13.2. The Kier molecular flexibility index (Phi) is 24.1. The standard InChI is InChI=1S/C31H56N2O7S/c1-3-4-5-6-7-8-9-10-11-12-13-14-15-16-17-18-21-32-30(35)39-26-28(40-31(36)37-2)25-38-29(34)20-19-22-33-23-24-41-27-33/h23-24,28H,3-22,25-27H2,1-2H3,(H,32,35). The van der Waals surface area contributed by atoms with Crippen LogP contribution in [0.25, 0.3) is 0 Å². The van der Waals surface area contributed by atoms with Crippen LogP contribution in [-0.2, 0) is 23.7 Å². The zero-order chi connectivity index (χ0) is 29.8. The third kappa shape index (κ3) is 23.2. The number of carbonyl (C=O) groups is 3. The molecule has 1 heterocycles. The van der Waals surface area contributed by atoms with Gasteiger partial charge in [0.25, 0.3) is 0 Å². The highest BCUT2D eigenvalue weighted by Crippen LogP contribution is 2.16. The lowest BCUT2D eigenvalue weighted by molar-refractivity contribution is -0.148. The summed E-state index contributed by atoms with van der Waals surface area (Å²) in [5, 5.41) is 4.74. The zero-order valence-electron chi connectivity index (χ0n) is 25.7. The molecule has 1 amide bonds. The van der Waals surface area contributed by atoms with Crippen molar-refractivity contribution in [2.45, 2.75) is 129 Å². The van der Waals surface area contributed by atoms with Crippen LogP contribution in [0.5, 0.6) is 0 Å². The van der Waals surface area contributed by atoms with Gasteiger partial charge in [0.2, 0.25) is 0 Å². The van der Waals surface area contributed by atoms with E-state index in [9.17, 15) is 14.4 Å². The molecule has 1 unspecified atom stereocenters. The number of methoxy groups -OCH3 is 1. The average Bonchev–Trinajstić information content (AvgIpc) is 3.49. The maximum absolute atomic E-state index is 12.0. The Labute approximate surface area is 252 Å². The fourth-order valence-corrected chi connectivity index (χ4v) is 5.27. The second kappa shape index (κ2) is 26.8. The molecule has 1 atom stereocenters. The van der Waals surface area contributed by atoms with Gasteiger partial charge < -0.3 is 29.2 Å². The number of amides is 1. The highest BCUT2D eigenvalue weighted by Gasteiger charge is 2.20. The van der Waals surface area contributed by atoms with E-state index in [-0.39, 0.29) is 19.6 Å². The first-order valence-electron chi connectivity index (χ1n) is 15.9. The molecule has 10 heteroatoms. The van der Waals surface area contributed by atoms with Gasteiger partial charge in [-0.25, -0.2) is 9.59 Å². The van der Waals surface area contributed by atoms with Crippen LogP contribution in [-0.4, -0.2) is 68.5 Å². The first-order valence-corrected chi connectivity index (χ1v) is 16.9. The van der Waals surface area contributed by atoms with Crippen LogP contribution in [0, 0.1) is 0 Å². The lowest BCUT2D eigenvalue weighted by Gasteiger charge is -2.18. The van der Waals surface area contributed by atoms with Crippen molar-refractivity contribution < 1.29 is 33.3 Å². The van der Waals surface area contributed by atoms with Crippen molar-refractivity contribution in [1.29, 1.82) is 0 Å². The fourth-order valence-electron chi connectivity index (χ4n) is 4.52. The van der Waals surface area contributed by atoms with Crippen molar-refractivity contribution in [2.75, 3.05) is 39.3 Å². The molecule has 0 saturated carbocycles. The molecule has 0 aromatic heterocycles. The van der Waals surface area contributed by atoms with Gasteiger partial charge in [0.1, 0.15) is 13.2 Å². The number of carbonyl (C=O) groups excluding carboxylic acids is 3. The first kappa shape index (κ1) is 36.9. The van der Waals surface area contributed by atoms with Crippen molar-refractivity contribution in [3.05, 3.63) is 11.6 Å². The topological polar surface area (TPSA) is 103 Å². The van der Waals surface area contributed by atoms with Crippen LogP contribution in [0.2, 0.25) is 0 Å². The smallest absolute Gasteiger partial charge is 0.462 e. The number of unbranched alkanes of at least 4 members (excludes halogenated alkanes) is 15. The highest BCUT2D eigenvalue weighted by atomic mass is 32.2. The molecule has 1 aliphatic heterocycles. The summed E-state index contributed by atoms with van der Waals surface area (Å²) in [5.41, 5.74) is 0. The van der Waals surface area contributed by atoms with Crippen LogP contribution in [0.4, 0.5) is 9.59 Å². The minimum atomic E-state index is -0.939. The summed E-state index contributed by atoms with van der Waals surface area (Å²) in [4.78, 5) is 37.7. The Balaban J connectivity index is 1.99. The maximum atomic E-state index is 12.0. The van der Waals surface area contributed by atoms with E-state index >= 15 is 0 Å². The van der Waals surface area contributed by atoms with E-state index in [0.29, 0.717) is 13.0 Å². The second-order valence-corrected chi connectivity index (χ2v) is 11.6. The van der Waals surface area contributed by atoms with Gasteiger partial charge in [-0.1, -0.05) is 103 Å². The van der Waals surface area contributed by atoms with Crippen molar-refractivity contribution in [3.8, 4) is 0 Å². The first-order chi connectivity index (χ1) is 20.0. The molecule has 238 valence electrons. The highest BCUT2D eigenvalue weighted by molar-refractivity contribution is 8.02. The molecule has 0 aromatic carbocycles. The van der Waals surface area contributed by atoms with Crippen LogP contribution in [0.1, 0.15) is 122 Å². The van der Waals surface area contributed by atoms with Crippen molar-refractivity contribution in [1.82, 2.24) is 10.2 Å². The Hall–Kier alpha value is -2.10. The van der Waals surface area contributed by atoms with Gasteiger partial charge in [0, 0.05) is 25.7 Å². The van der Waals surface area contributed by atoms with Crippen LogP contribution >= 0.6 is 11.8 Å². The summed E-state index contributed by atoms with van der Waals surface area (Å²) >= 11 is 1.71. The van der Waals surface area contributed by atoms with E-state index in [4.69, 9.17) is 14.2 Å². The lowest BCUT2D eigenvalue weighted by atomic mass is 10.0. The Morgan fingerprint density at radius 1 is 0.805 bits per heavy atom. The number of thioether (sulfide) groups is 1. The van der Waals surface area contributed by atoms with Gasteiger partial charge >= 0.3 is 18.2 Å². The number of ether oxygens (including phenoxy) is 4. The Bertz CT molecular complexity index is 708. The van der Waals surface area contributed by atoms with Crippen LogP contribution in [0.3, 0.4) is 0 Å². The van der Waals surface area contributed by atoms with Gasteiger partial charge in [-0.2, -0.15) is 0 Å². The van der Waals surface area contributed by atoms with Gasteiger partial charge in [-0.05, 0) is 18.2 Å². The molecule has 0 saturated heterocycles. The molecule has 0 aliphatic carbocycles. The molecule has 1 aliphatic rings. The molecule has 0 radical (unpaired) electrons. The average molecular weight is 601 g/mol. The summed E-state index contributed by atoms with van der Waals surface area (Å²) in [6, 6.07) is 0. The molecule has 41 heavy (non-hydrogen) atoms. The third-order valence-corrected chi connectivity index (χ3v) is 7.79. The lowest BCUT2D eigenvalue weighted by Crippen LogP contribution is -2.34. The molecule has 0 bridgehead atoms. The van der Waals surface area contributed by atoms with Crippen molar-refractivity contribution in [3.63, 3.8) is 0 Å². The molecule has 0 spiro atoms. The molecular weight excluding hydrogens is 544 g/mol. The number of hydrogen-bond donors (Lipinski definition) is 1. The summed E-state index contributed by atoms with van der Waals surface area (Å²) in [5.74, 6) is 0.496. The Morgan fingerprint density at radius 2 is 1.37 bits per heavy atom. The van der Waals surface area contributed by atoms with Crippen LogP contribution < -0.4 is 5.32 Å². The minimum Gasteiger partial charge on any atom is -0.462 e. The van der Waals surface area contributed by atoms with E-state index in [0.717, 1.165) is 25.3 Å². The van der Waals surface area contributed by atoms with E-state index in [1.807, 2.05) is 11.6 Å². The molecular formula is C31H56N2O7S. The van der Waals surface area contributed by atoms with Gasteiger partial charge in [0.15, 0.2) is 6.10 Å². The number of nitrogens with zero attached hydrogens (tertiary/aromatic N) is 1. The molecule has 0 aromatic rings. The van der Waals surface area contributed by atoms with E-state index < -0.39 is 24.3 Å². The van der Waals surface area contributed by atoms with Crippen LogP contribution in [0.15, 0.2) is 11.6 Å². The number of nitrogens with one attached hydrogen (secondary N) is 1. The van der Waals surface area contributed by atoms with E-state index in [1.54, 1.807) is 11.8 Å². The predicted octanol–water partition coefficient (Wildman–Crippen LogP) is 7.93. The van der Waals surface area contributed by atoms with Gasteiger partial charge in [-0.3, -0.25) is 4.79 Å².